The summed E-state index contributed by atoms with van der Waals surface area (Å²) in [6.45, 7) is 4.95. The van der Waals surface area contributed by atoms with Crippen LogP contribution in [0.4, 0.5) is 13.2 Å². The van der Waals surface area contributed by atoms with Crippen molar-refractivity contribution in [3.8, 4) is 16.9 Å². The number of hydrogen-bond donors (Lipinski definition) is 0. The van der Waals surface area contributed by atoms with Crippen LogP contribution in [-0.2, 0) is 11.3 Å². The number of rotatable bonds is 11. The molecule has 5 heteroatoms. The molecule has 0 atom stereocenters. The topological polar surface area (TPSA) is 18.5 Å². The highest BCUT2D eigenvalue weighted by Gasteiger charge is 2.27. The molecule has 0 radical (unpaired) electrons. The highest BCUT2D eigenvalue weighted by atomic mass is 19.2. The highest BCUT2D eigenvalue weighted by Crippen LogP contribution is 2.38. The van der Waals surface area contributed by atoms with Crippen molar-refractivity contribution in [1.82, 2.24) is 0 Å². The van der Waals surface area contributed by atoms with Gasteiger partial charge in [-0.2, -0.15) is 0 Å². The molecule has 1 saturated carbocycles. The largest absolute Gasteiger partial charge is 0.491 e. The maximum absolute atomic E-state index is 15.0. The zero-order chi connectivity index (χ0) is 26.2. The molecule has 0 saturated heterocycles. The van der Waals surface area contributed by atoms with Crippen molar-refractivity contribution in [3.63, 3.8) is 0 Å². The van der Waals surface area contributed by atoms with Gasteiger partial charge in [-0.1, -0.05) is 74.2 Å². The van der Waals surface area contributed by atoms with Gasteiger partial charge in [-0.05, 0) is 73.8 Å². The van der Waals surface area contributed by atoms with Crippen LogP contribution in [0.3, 0.4) is 0 Å². The molecule has 0 aromatic heterocycles. The minimum absolute atomic E-state index is 0.0218. The monoisotopic (exact) mass is 510 g/mol. The second-order valence-electron chi connectivity index (χ2n) is 10.2. The third-order valence-corrected chi connectivity index (χ3v) is 7.33. The second-order valence-corrected chi connectivity index (χ2v) is 10.2. The molecule has 0 heterocycles. The summed E-state index contributed by atoms with van der Waals surface area (Å²) in [5, 5.41) is 0. The standard InChI is InChI=1S/C32H37F3O2/c1-3-4-5-6-19-36-30-18-9-23(20-29(30)33)21-37-26-14-12-25(13-15-26)28-17-16-27(31(34)32(28)35)24-10-7-22(2)8-11-24/h7-11,16-18,20,25-26H,3-6,12-15,19,21H2,1-2H3. The first-order valence-electron chi connectivity index (χ1n) is 13.5. The summed E-state index contributed by atoms with van der Waals surface area (Å²) in [5.74, 6) is -1.65. The normalized spacial score (nSPS) is 17.6. The molecule has 0 N–H and O–H groups in total. The summed E-state index contributed by atoms with van der Waals surface area (Å²) in [4.78, 5) is 0. The Hall–Kier alpha value is -2.79. The van der Waals surface area contributed by atoms with Crippen LogP contribution in [-0.4, -0.2) is 12.7 Å². The maximum Gasteiger partial charge on any atom is 0.166 e. The Bertz CT molecular complexity index is 1150. The number of aryl methyl sites for hydroxylation is 1. The van der Waals surface area contributed by atoms with E-state index in [-0.39, 0.29) is 23.6 Å². The van der Waals surface area contributed by atoms with Gasteiger partial charge in [0.25, 0.3) is 0 Å². The number of ether oxygens (including phenoxy) is 2. The van der Waals surface area contributed by atoms with Crippen LogP contribution >= 0.6 is 0 Å². The summed E-state index contributed by atoms with van der Waals surface area (Å²) in [5.41, 5.74) is 3.24. The molecule has 1 fully saturated rings. The fraction of sp³-hybridized carbons (Fsp3) is 0.438. The van der Waals surface area contributed by atoms with E-state index in [1.165, 1.54) is 6.07 Å². The summed E-state index contributed by atoms with van der Waals surface area (Å²) >= 11 is 0. The minimum atomic E-state index is -0.782. The molecule has 3 aromatic carbocycles. The van der Waals surface area contributed by atoms with Crippen molar-refractivity contribution in [2.75, 3.05) is 6.61 Å². The molecule has 0 amide bonds. The molecule has 0 unspecified atom stereocenters. The van der Waals surface area contributed by atoms with Crippen LogP contribution in [0.25, 0.3) is 11.1 Å². The first kappa shape index (κ1) is 27.3. The Morgan fingerprint density at radius 2 is 1.57 bits per heavy atom. The van der Waals surface area contributed by atoms with E-state index in [2.05, 4.69) is 6.92 Å². The van der Waals surface area contributed by atoms with E-state index in [1.807, 2.05) is 37.3 Å². The molecule has 0 spiro atoms. The van der Waals surface area contributed by atoms with Crippen LogP contribution < -0.4 is 4.74 Å². The lowest BCUT2D eigenvalue weighted by atomic mass is 9.82. The van der Waals surface area contributed by atoms with E-state index in [0.717, 1.165) is 62.5 Å². The van der Waals surface area contributed by atoms with E-state index >= 15 is 4.39 Å². The quantitative estimate of drug-likeness (QED) is 0.239. The van der Waals surface area contributed by atoms with Crippen LogP contribution in [0.2, 0.25) is 0 Å². The minimum Gasteiger partial charge on any atom is -0.491 e. The van der Waals surface area contributed by atoms with Gasteiger partial charge in [-0.15, -0.1) is 0 Å². The van der Waals surface area contributed by atoms with Gasteiger partial charge in [0.2, 0.25) is 0 Å². The van der Waals surface area contributed by atoms with Crippen molar-refractivity contribution in [3.05, 3.63) is 88.7 Å². The van der Waals surface area contributed by atoms with Gasteiger partial charge in [0.15, 0.2) is 23.2 Å². The predicted molar refractivity (Wildman–Crippen MR) is 142 cm³/mol. The van der Waals surface area contributed by atoms with Gasteiger partial charge in [-0.3, -0.25) is 0 Å². The third-order valence-electron chi connectivity index (χ3n) is 7.33. The summed E-state index contributed by atoms with van der Waals surface area (Å²) in [6.07, 6.45) is 7.32. The summed E-state index contributed by atoms with van der Waals surface area (Å²) < 4.78 is 56.0. The molecule has 37 heavy (non-hydrogen) atoms. The summed E-state index contributed by atoms with van der Waals surface area (Å²) in [6, 6.07) is 15.8. The van der Waals surface area contributed by atoms with Gasteiger partial charge in [-0.25, -0.2) is 13.2 Å². The van der Waals surface area contributed by atoms with E-state index in [0.29, 0.717) is 29.9 Å². The van der Waals surface area contributed by atoms with Gasteiger partial charge < -0.3 is 9.47 Å². The van der Waals surface area contributed by atoms with E-state index in [4.69, 9.17) is 9.47 Å². The first-order valence-corrected chi connectivity index (χ1v) is 13.5. The Morgan fingerprint density at radius 1 is 0.811 bits per heavy atom. The Morgan fingerprint density at radius 3 is 2.27 bits per heavy atom. The van der Waals surface area contributed by atoms with Gasteiger partial charge in [0, 0.05) is 5.56 Å². The number of benzene rings is 3. The lowest BCUT2D eigenvalue weighted by Crippen LogP contribution is -2.21. The van der Waals surface area contributed by atoms with E-state index in [1.54, 1.807) is 18.2 Å². The van der Waals surface area contributed by atoms with Gasteiger partial charge in [0.05, 0.1) is 19.3 Å². The molecular weight excluding hydrogens is 473 g/mol. The zero-order valence-corrected chi connectivity index (χ0v) is 21.9. The Balaban J connectivity index is 1.27. The number of unbranched alkanes of at least 4 members (excludes halogenated alkanes) is 3. The van der Waals surface area contributed by atoms with E-state index < -0.39 is 11.6 Å². The van der Waals surface area contributed by atoms with E-state index in [9.17, 15) is 8.78 Å². The average molecular weight is 511 g/mol. The Kier molecular flexibility index (Phi) is 9.68. The van der Waals surface area contributed by atoms with Crippen LogP contribution in [0.15, 0.2) is 54.6 Å². The molecular formula is C32H37F3O2. The highest BCUT2D eigenvalue weighted by molar-refractivity contribution is 5.65. The molecule has 4 rings (SSSR count). The number of hydrogen-bond acceptors (Lipinski definition) is 2. The number of halogens is 3. The Labute approximate surface area is 218 Å². The third kappa shape index (κ3) is 7.16. The van der Waals surface area contributed by atoms with Crippen molar-refractivity contribution < 1.29 is 22.6 Å². The molecule has 198 valence electrons. The zero-order valence-electron chi connectivity index (χ0n) is 21.9. The first-order chi connectivity index (χ1) is 18.0. The van der Waals surface area contributed by atoms with Crippen molar-refractivity contribution >= 4 is 0 Å². The van der Waals surface area contributed by atoms with Gasteiger partial charge in [0.1, 0.15) is 0 Å². The summed E-state index contributed by atoms with van der Waals surface area (Å²) in [7, 11) is 0. The molecule has 1 aliphatic rings. The van der Waals surface area contributed by atoms with Crippen molar-refractivity contribution in [2.45, 2.75) is 83.8 Å². The molecule has 0 bridgehead atoms. The predicted octanol–water partition coefficient (Wildman–Crippen LogP) is 9.28. The van der Waals surface area contributed by atoms with Crippen LogP contribution in [0, 0.1) is 24.4 Å². The molecule has 0 aliphatic heterocycles. The van der Waals surface area contributed by atoms with Gasteiger partial charge >= 0.3 is 0 Å². The smallest absolute Gasteiger partial charge is 0.166 e. The fourth-order valence-electron chi connectivity index (χ4n) is 5.05. The SMILES string of the molecule is CCCCCCOc1ccc(COC2CCC(c3ccc(-c4ccc(C)cc4)c(F)c3F)CC2)cc1F. The molecule has 1 aliphatic carbocycles. The van der Waals surface area contributed by atoms with Crippen molar-refractivity contribution in [2.24, 2.45) is 0 Å². The van der Waals surface area contributed by atoms with Crippen LogP contribution in [0.1, 0.15) is 80.9 Å². The molecule has 3 aromatic rings. The lowest BCUT2D eigenvalue weighted by molar-refractivity contribution is 0.0130. The van der Waals surface area contributed by atoms with Crippen molar-refractivity contribution in [1.29, 1.82) is 0 Å². The molecule has 2 nitrogen and oxygen atoms in total. The second kappa shape index (κ2) is 13.1. The fourth-order valence-corrected chi connectivity index (χ4v) is 5.05. The average Bonchev–Trinajstić information content (AvgIpc) is 2.91. The lowest BCUT2D eigenvalue weighted by Gasteiger charge is -2.29. The maximum atomic E-state index is 15.0. The van der Waals surface area contributed by atoms with Crippen LogP contribution in [0.5, 0.6) is 5.75 Å².